The molecule has 1 aliphatic rings. The standard InChI is InChI=1S/C26H30N4O3S/c1-16-9-8-12-20(17(16)2)13-21(18(3)27)23(33-4)26-30(15-31)22(14-34-26)25(32)29-24(28)19-10-6-5-7-11-19/h5-12,15,22H,13-14,27H2,1-4H3,(H2,28,29,32)/b21-18+,26-23-. The van der Waals surface area contributed by atoms with E-state index in [1.807, 2.05) is 24.3 Å². The third-order valence-electron chi connectivity index (χ3n) is 5.88. The van der Waals surface area contributed by atoms with Crippen molar-refractivity contribution in [3.63, 3.8) is 0 Å². The average Bonchev–Trinajstić information content (AvgIpc) is 3.26. The summed E-state index contributed by atoms with van der Waals surface area (Å²) in [4.78, 5) is 30.5. The smallest absolute Gasteiger partial charge is 0.271 e. The van der Waals surface area contributed by atoms with Crippen LogP contribution in [0, 0.1) is 13.8 Å². The van der Waals surface area contributed by atoms with Gasteiger partial charge < -0.3 is 16.2 Å². The van der Waals surface area contributed by atoms with Gasteiger partial charge in [-0.15, -0.1) is 11.8 Å². The maximum Gasteiger partial charge on any atom is 0.271 e. The zero-order valence-corrected chi connectivity index (χ0v) is 20.7. The molecule has 34 heavy (non-hydrogen) atoms. The van der Waals surface area contributed by atoms with Crippen molar-refractivity contribution in [3.05, 3.63) is 92.8 Å². The summed E-state index contributed by atoms with van der Waals surface area (Å²) >= 11 is 1.36. The van der Waals surface area contributed by atoms with Crippen LogP contribution >= 0.6 is 11.8 Å². The van der Waals surface area contributed by atoms with Crippen LogP contribution in [0.4, 0.5) is 0 Å². The fraction of sp³-hybridized carbons (Fsp3) is 0.269. The fourth-order valence-corrected chi connectivity index (χ4v) is 5.02. The van der Waals surface area contributed by atoms with Crippen LogP contribution in [0.25, 0.3) is 0 Å². The molecular weight excluding hydrogens is 448 g/mol. The van der Waals surface area contributed by atoms with E-state index < -0.39 is 11.9 Å². The first-order valence-corrected chi connectivity index (χ1v) is 11.9. The minimum absolute atomic E-state index is 0.110. The summed E-state index contributed by atoms with van der Waals surface area (Å²) in [6.07, 6.45) is 1.17. The summed E-state index contributed by atoms with van der Waals surface area (Å²) in [5, 5.41) is 0.537. The molecule has 2 aromatic rings. The van der Waals surface area contributed by atoms with Gasteiger partial charge in [0.25, 0.3) is 5.91 Å². The molecule has 1 saturated heterocycles. The number of rotatable bonds is 7. The third kappa shape index (κ3) is 5.34. The van der Waals surface area contributed by atoms with Gasteiger partial charge in [-0.05, 0) is 37.5 Å². The summed E-state index contributed by atoms with van der Waals surface area (Å²) in [6.45, 7) is 5.93. The minimum Gasteiger partial charge on any atom is -0.494 e. The molecule has 4 N–H and O–H groups in total. The Kier molecular flexibility index (Phi) is 8.17. The number of amides is 2. The number of methoxy groups -OCH3 is 1. The Hall–Kier alpha value is -3.52. The number of ether oxygens (including phenoxy) is 1. The lowest BCUT2D eigenvalue weighted by Crippen LogP contribution is -2.37. The van der Waals surface area contributed by atoms with Crippen LogP contribution in [0.3, 0.4) is 0 Å². The maximum atomic E-state index is 13.0. The molecule has 0 spiro atoms. The van der Waals surface area contributed by atoms with Crippen molar-refractivity contribution in [2.24, 2.45) is 16.5 Å². The molecule has 1 unspecified atom stereocenters. The van der Waals surface area contributed by atoms with E-state index >= 15 is 0 Å². The molecule has 8 heteroatoms. The molecule has 2 amide bonds. The lowest BCUT2D eigenvalue weighted by atomic mass is 9.95. The highest BCUT2D eigenvalue weighted by Crippen LogP contribution is 2.38. The van der Waals surface area contributed by atoms with E-state index in [4.69, 9.17) is 16.2 Å². The second-order valence-electron chi connectivity index (χ2n) is 8.08. The van der Waals surface area contributed by atoms with Gasteiger partial charge in [-0.3, -0.25) is 14.5 Å². The summed E-state index contributed by atoms with van der Waals surface area (Å²) < 4.78 is 5.76. The van der Waals surface area contributed by atoms with Crippen LogP contribution in [0.2, 0.25) is 0 Å². The Balaban J connectivity index is 1.95. The number of allylic oxidation sites excluding steroid dienone is 2. The number of hydrogen-bond acceptors (Lipinski definition) is 5. The number of benzene rings is 2. The first kappa shape index (κ1) is 25.1. The summed E-state index contributed by atoms with van der Waals surface area (Å²) in [7, 11) is 1.54. The number of nitrogens with zero attached hydrogens (tertiary/aromatic N) is 2. The van der Waals surface area contributed by atoms with Crippen LogP contribution in [0.5, 0.6) is 0 Å². The lowest BCUT2D eigenvalue weighted by molar-refractivity contribution is -0.127. The number of carbonyl (C=O) groups is 2. The van der Waals surface area contributed by atoms with Gasteiger partial charge in [-0.25, -0.2) is 0 Å². The maximum absolute atomic E-state index is 13.0. The van der Waals surface area contributed by atoms with Crippen LogP contribution in [-0.2, 0) is 20.7 Å². The van der Waals surface area contributed by atoms with Gasteiger partial charge in [-0.2, -0.15) is 4.99 Å². The largest absolute Gasteiger partial charge is 0.494 e. The topological polar surface area (TPSA) is 111 Å². The number of aliphatic imine (C=N–C) groups is 1. The highest BCUT2D eigenvalue weighted by molar-refractivity contribution is 8.03. The monoisotopic (exact) mass is 478 g/mol. The van der Waals surface area contributed by atoms with Crippen molar-refractivity contribution in [1.82, 2.24) is 4.90 Å². The zero-order valence-electron chi connectivity index (χ0n) is 19.9. The predicted octanol–water partition coefficient (Wildman–Crippen LogP) is 3.40. The Morgan fingerprint density at radius 2 is 1.88 bits per heavy atom. The normalized spacial score (nSPS) is 18.4. The molecule has 178 valence electrons. The molecular formula is C26H30N4O3S. The van der Waals surface area contributed by atoms with Gasteiger partial charge in [0.2, 0.25) is 6.41 Å². The number of aryl methyl sites for hydroxylation is 1. The molecule has 0 saturated carbocycles. The third-order valence-corrected chi connectivity index (χ3v) is 7.03. The Labute approximate surface area is 204 Å². The highest BCUT2D eigenvalue weighted by Gasteiger charge is 2.37. The molecule has 3 rings (SSSR count). The molecule has 0 bridgehead atoms. The first-order valence-electron chi connectivity index (χ1n) is 10.9. The summed E-state index contributed by atoms with van der Waals surface area (Å²) in [6, 6.07) is 14.4. The summed E-state index contributed by atoms with van der Waals surface area (Å²) in [5.74, 6) is 0.439. The van der Waals surface area contributed by atoms with E-state index in [-0.39, 0.29) is 5.84 Å². The molecule has 1 aliphatic heterocycles. The van der Waals surface area contributed by atoms with Crippen molar-refractivity contribution >= 4 is 29.9 Å². The Bertz CT molecular complexity index is 1170. The number of carbonyl (C=O) groups excluding carboxylic acids is 2. The van der Waals surface area contributed by atoms with E-state index in [2.05, 4.69) is 31.0 Å². The highest BCUT2D eigenvalue weighted by atomic mass is 32.2. The van der Waals surface area contributed by atoms with Crippen molar-refractivity contribution in [3.8, 4) is 0 Å². The SMILES string of the molecule is COC(=C1\SCC(C(=O)N=C(N)c2ccccc2)N1C=O)/C(Cc1cccc(C)c1C)=C(\C)N. The first-order chi connectivity index (χ1) is 16.3. The van der Waals surface area contributed by atoms with Gasteiger partial charge in [0, 0.05) is 29.0 Å². The Morgan fingerprint density at radius 1 is 1.18 bits per heavy atom. The second kappa shape index (κ2) is 11.1. The van der Waals surface area contributed by atoms with E-state index in [9.17, 15) is 9.59 Å². The summed E-state index contributed by atoms with van der Waals surface area (Å²) in [5.41, 5.74) is 17.8. The van der Waals surface area contributed by atoms with Crippen LogP contribution in [0.15, 0.2) is 75.6 Å². The second-order valence-corrected chi connectivity index (χ2v) is 9.09. The molecule has 0 aliphatic carbocycles. The molecule has 7 nitrogen and oxygen atoms in total. The molecule has 1 atom stereocenters. The number of thioether (sulfide) groups is 1. The van der Waals surface area contributed by atoms with Crippen LogP contribution in [0.1, 0.15) is 29.2 Å². The van der Waals surface area contributed by atoms with Gasteiger partial charge in [0.15, 0.2) is 5.76 Å². The van der Waals surface area contributed by atoms with Crippen molar-refractivity contribution in [2.75, 3.05) is 12.9 Å². The minimum atomic E-state index is -0.787. The van der Waals surface area contributed by atoms with Crippen molar-refractivity contribution in [2.45, 2.75) is 33.2 Å². The van der Waals surface area contributed by atoms with E-state index in [0.29, 0.717) is 40.6 Å². The van der Waals surface area contributed by atoms with Crippen LogP contribution < -0.4 is 11.5 Å². The van der Waals surface area contributed by atoms with E-state index in [1.165, 1.54) is 27.8 Å². The molecule has 0 radical (unpaired) electrons. The van der Waals surface area contributed by atoms with E-state index in [1.54, 1.807) is 26.2 Å². The molecule has 0 aromatic heterocycles. The predicted molar refractivity (Wildman–Crippen MR) is 137 cm³/mol. The van der Waals surface area contributed by atoms with Crippen molar-refractivity contribution in [1.29, 1.82) is 0 Å². The Morgan fingerprint density at radius 3 is 2.50 bits per heavy atom. The van der Waals surface area contributed by atoms with Crippen LogP contribution in [-0.4, -0.2) is 42.0 Å². The molecule has 2 aromatic carbocycles. The van der Waals surface area contributed by atoms with E-state index in [0.717, 1.165) is 11.1 Å². The van der Waals surface area contributed by atoms with Gasteiger partial charge in [0.05, 0.1) is 7.11 Å². The lowest BCUT2D eigenvalue weighted by Gasteiger charge is -2.22. The quantitative estimate of drug-likeness (QED) is 0.273. The van der Waals surface area contributed by atoms with Gasteiger partial charge in [-0.1, -0.05) is 48.5 Å². The fourth-order valence-electron chi connectivity index (χ4n) is 3.75. The van der Waals surface area contributed by atoms with Gasteiger partial charge >= 0.3 is 0 Å². The zero-order chi connectivity index (χ0) is 24.8. The number of amidine groups is 1. The number of hydrogen-bond donors (Lipinski definition) is 2. The number of nitrogens with two attached hydrogens (primary N) is 2. The van der Waals surface area contributed by atoms with Crippen molar-refractivity contribution < 1.29 is 14.3 Å². The molecule has 1 heterocycles. The average molecular weight is 479 g/mol. The molecule has 1 fully saturated rings. The van der Waals surface area contributed by atoms with Gasteiger partial charge in [0.1, 0.15) is 16.9 Å².